The summed E-state index contributed by atoms with van der Waals surface area (Å²) in [5, 5.41) is 0. The third-order valence-corrected chi connectivity index (χ3v) is 4.83. The maximum atomic E-state index is 12.9. The lowest BCUT2D eigenvalue weighted by molar-refractivity contribution is -0.136. The van der Waals surface area contributed by atoms with E-state index in [0.29, 0.717) is 12.1 Å². The van der Waals surface area contributed by atoms with Crippen molar-refractivity contribution in [1.82, 2.24) is 14.7 Å². The minimum absolute atomic E-state index is 0.0151. The molecule has 0 N–H and O–H groups in total. The molecule has 1 atom stereocenters. The summed E-state index contributed by atoms with van der Waals surface area (Å²) >= 11 is 0. The lowest BCUT2D eigenvalue weighted by Gasteiger charge is -2.41. The van der Waals surface area contributed by atoms with Gasteiger partial charge in [0, 0.05) is 32.2 Å². The number of hydrogen-bond acceptors (Lipinski definition) is 3. The normalized spacial score (nSPS) is 17.8. The summed E-state index contributed by atoms with van der Waals surface area (Å²) in [5.74, 6) is -0.150. The average molecular weight is 351 g/mol. The molecule has 3 rings (SSSR count). The van der Waals surface area contributed by atoms with E-state index in [2.05, 4.69) is 24.1 Å². The van der Waals surface area contributed by atoms with E-state index < -0.39 is 0 Å². The Hall–Kier alpha value is -2.66. The fourth-order valence-corrected chi connectivity index (χ4v) is 3.35. The molecule has 1 saturated heterocycles. The van der Waals surface area contributed by atoms with Crippen molar-refractivity contribution in [2.45, 2.75) is 6.04 Å². The monoisotopic (exact) mass is 351 g/mol. The van der Waals surface area contributed by atoms with Gasteiger partial charge in [0.25, 0.3) is 5.91 Å². The maximum Gasteiger partial charge on any atom is 0.254 e. The molecule has 0 spiro atoms. The van der Waals surface area contributed by atoms with Crippen LogP contribution in [0, 0.1) is 0 Å². The molecule has 2 amide bonds. The van der Waals surface area contributed by atoms with E-state index in [-0.39, 0.29) is 24.4 Å². The van der Waals surface area contributed by atoms with Crippen molar-refractivity contribution in [3.05, 3.63) is 71.8 Å². The second kappa shape index (κ2) is 8.15. The van der Waals surface area contributed by atoms with Crippen molar-refractivity contribution in [3.8, 4) is 0 Å². The van der Waals surface area contributed by atoms with Crippen LogP contribution in [0.25, 0.3) is 0 Å². The predicted molar refractivity (Wildman–Crippen MR) is 102 cm³/mol. The number of amides is 2. The predicted octanol–water partition coefficient (Wildman–Crippen LogP) is 2.27. The number of hydrogen-bond donors (Lipinski definition) is 0. The molecule has 2 aromatic carbocycles. The van der Waals surface area contributed by atoms with E-state index in [1.54, 1.807) is 19.2 Å². The summed E-state index contributed by atoms with van der Waals surface area (Å²) < 4.78 is 0. The highest BCUT2D eigenvalue weighted by molar-refractivity contribution is 5.96. The molecule has 5 nitrogen and oxygen atoms in total. The van der Waals surface area contributed by atoms with Gasteiger partial charge in [-0.3, -0.25) is 9.59 Å². The van der Waals surface area contributed by atoms with Crippen LogP contribution in [0.2, 0.25) is 0 Å². The Morgan fingerprint density at radius 1 is 1.00 bits per heavy atom. The van der Waals surface area contributed by atoms with Crippen LogP contribution in [-0.2, 0) is 4.79 Å². The Morgan fingerprint density at radius 3 is 2.27 bits per heavy atom. The summed E-state index contributed by atoms with van der Waals surface area (Å²) in [5.41, 5.74) is 1.73. The van der Waals surface area contributed by atoms with Crippen LogP contribution in [0.1, 0.15) is 22.0 Å². The second-order valence-electron chi connectivity index (χ2n) is 6.80. The molecule has 1 aliphatic rings. The van der Waals surface area contributed by atoms with Crippen LogP contribution in [0.5, 0.6) is 0 Å². The molecule has 0 bridgehead atoms. The van der Waals surface area contributed by atoms with Gasteiger partial charge in [-0.25, -0.2) is 0 Å². The minimum Gasteiger partial charge on any atom is -0.332 e. The first-order valence-electron chi connectivity index (χ1n) is 8.89. The van der Waals surface area contributed by atoms with Crippen LogP contribution in [0.3, 0.4) is 0 Å². The number of carbonyl (C=O) groups excluding carboxylic acids is 2. The molecule has 136 valence electrons. The highest BCUT2D eigenvalue weighted by Crippen LogP contribution is 2.25. The molecule has 0 saturated carbocycles. The largest absolute Gasteiger partial charge is 0.332 e. The molecule has 1 fully saturated rings. The van der Waals surface area contributed by atoms with Gasteiger partial charge in [0.15, 0.2) is 0 Å². The van der Waals surface area contributed by atoms with Crippen molar-refractivity contribution in [1.29, 1.82) is 0 Å². The minimum atomic E-state index is -0.135. The van der Waals surface area contributed by atoms with E-state index >= 15 is 0 Å². The average Bonchev–Trinajstić information content (AvgIpc) is 2.68. The number of piperazine rings is 1. The van der Waals surface area contributed by atoms with Crippen LogP contribution in [-0.4, -0.2) is 66.8 Å². The highest BCUT2D eigenvalue weighted by atomic mass is 16.2. The lowest BCUT2D eigenvalue weighted by atomic mass is 10.0. The summed E-state index contributed by atoms with van der Waals surface area (Å²) in [7, 11) is 3.75. The summed E-state index contributed by atoms with van der Waals surface area (Å²) in [6, 6.07) is 19.2. The van der Waals surface area contributed by atoms with Crippen LogP contribution in [0.15, 0.2) is 60.7 Å². The number of nitrogens with zero attached hydrogens (tertiary/aromatic N) is 3. The first kappa shape index (κ1) is 18.1. The van der Waals surface area contributed by atoms with Crippen molar-refractivity contribution in [2.75, 3.05) is 40.3 Å². The van der Waals surface area contributed by atoms with E-state index in [4.69, 9.17) is 0 Å². The molecule has 1 heterocycles. The Bertz CT molecular complexity index is 748. The summed E-state index contributed by atoms with van der Waals surface area (Å²) in [6.07, 6.45) is 0. The highest BCUT2D eigenvalue weighted by Gasteiger charge is 2.31. The number of carbonyl (C=O) groups is 2. The van der Waals surface area contributed by atoms with E-state index in [1.165, 1.54) is 4.90 Å². The molecule has 5 heteroatoms. The Labute approximate surface area is 154 Å². The third kappa shape index (κ3) is 4.11. The molecule has 0 radical (unpaired) electrons. The first-order chi connectivity index (χ1) is 12.6. The zero-order valence-electron chi connectivity index (χ0n) is 15.3. The van der Waals surface area contributed by atoms with Gasteiger partial charge in [0.1, 0.15) is 0 Å². The van der Waals surface area contributed by atoms with E-state index in [1.807, 2.05) is 41.3 Å². The van der Waals surface area contributed by atoms with Gasteiger partial charge in [-0.05, 0) is 24.7 Å². The van der Waals surface area contributed by atoms with Gasteiger partial charge < -0.3 is 14.7 Å². The molecule has 1 unspecified atom stereocenters. The van der Waals surface area contributed by atoms with Crippen molar-refractivity contribution >= 4 is 11.8 Å². The summed E-state index contributed by atoms with van der Waals surface area (Å²) in [6.45, 7) is 2.39. The molecular weight excluding hydrogens is 326 g/mol. The molecule has 0 aromatic heterocycles. The Balaban J connectivity index is 1.72. The Kier molecular flexibility index (Phi) is 5.68. The fourth-order valence-electron chi connectivity index (χ4n) is 3.35. The number of rotatable bonds is 4. The zero-order chi connectivity index (χ0) is 18.5. The van der Waals surface area contributed by atoms with Gasteiger partial charge in [-0.1, -0.05) is 48.5 Å². The quantitative estimate of drug-likeness (QED) is 0.849. The van der Waals surface area contributed by atoms with E-state index in [9.17, 15) is 9.59 Å². The van der Waals surface area contributed by atoms with Crippen molar-refractivity contribution < 1.29 is 9.59 Å². The fraction of sp³-hybridized carbons (Fsp3) is 0.333. The van der Waals surface area contributed by atoms with Gasteiger partial charge in [-0.15, -0.1) is 0 Å². The van der Waals surface area contributed by atoms with Gasteiger partial charge in [0.05, 0.1) is 12.6 Å². The topological polar surface area (TPSA) is 43.9 Å². The van der Waals surface area contributed by atoms with Crippen LogP contribution < -0.4 is 0 Å². The van der Waals surface area contributed by atoms with Gasteiger partial charge in [-0.2, -0.15) is 0 Å². The molecular formula is C21H25N3O2. The molecule has 2 aromatic rings. The Morgan fingerprint density at radius 2 is 1.62 bits per heavy atom. The standard InChI is InChI=1S/C21H25N3O2/c1-22-13-14-24(19(15-22)17-9-5-3-6-10-17)20(25)16-23(2)21(26)18-11-7-4-8-12-18/h3-12,19H,13-16H2,1-2H3. The zero-order valence-corrected chi connectivity index (χ0v) is 15.3. The molecule has 0 aliphatic carbocycles. The lowest BCUT2D eigenvalue weighted by Crippen LogP contribution is -2.52. The third-order valence-electron chi connectivity index (χ3n) is 4.83. The summed E-state index contributed by atoms with van der Waals surface area (Å²) in [4.78, 5) is 31.1. The number of likely N-dealkylation sites (N-methyl/N-ethyl adjacent to an activating group) is 2. The maximum absolute atomic E-state index is 12.9. The molecule has 26 heavy (non-hydrogen) atoms. The first-order valence-corrected chi connectivity index (χ1v) is 8.89. The van der Waals surface area contributed by atoms with Crippen molar-refractivity contribution in [3.63, 3.8) is 0 Å². The van der Waals surface area contributed by atoms with Crippen molar-refractivity contribution in [2.24, 2.45) is 0 Å². The number of benzene rings is 2. The van der Waals surface area contributed by atoms with E-state index in [0.717, 1.165) is 18.7 Å². The second-order valence-corrected chi connectivity index (χ2v) is 6.80. The van der Waals surface area contributed by atoms with Gasteiger partial charge >= 0.3 is 0 Å². The van der Waals surface area contributed by atoms with Gasteiger partial charge in [0.2, 0.25) is 5.91 Å². The van der Waals surface area contributed by atoms with Crippen LogP contribution in [0.4, 0.5) is 0 Å². The smallest absolute Gasteiger partial charge is 0.254 e. The van der Waals surface area contributed by atoms with Crippen LogP contribution >= 0.6 is 0 Å². The molecule has 1 aliphatic heterocycles. The SMILES string of the molecule is CN1CCN(C(=O)CN(C)C(=O)c2ccccc2)C(c2ccccc2)C1.